The summed E-state index contributed by atoms with van der Waals surface area (Å²) in [7, 11) is -3.70. The Labute approximate surface area is 194 Å². The number of hydrogen-bond donors (Lipinski definition) is 1. The summed E-state index contributed by atoms with van der Waals surface area (Å²) in [5, 5.41) is 14.3. The van der Waals surface area contributed by atoms with E-state index < -0.39 is 21.7 Å². The highest BCUT2D eigenvalue weighted by atomic mass is 28.3. The molecule has 0 fully saturated rings. The van der Waals surface area contributed by atoms with Gasteiger partial charge in [0.15, 0.2) is 11.6 Å². The van der Waals surface area contributed by atoms with Crippen LogP contribution in [0.4, 0.5) is 0 Å². The van der Waals surface area contributed by atoms with Crippen molar-refractivity contribution in [2.75, 3.05) is 0 Å². The Morgan fingerprint density at radius 3 is 1.56 bits per heavy atom. The lowest BCUT2D eigenvalue weighted by molar-refractivity contribution is -0.116. The minimum atomic E-state index is -1.85. The highest BCUT2D eigenvalue weighted by Crippen LogP contribution is 2.59. The molecule has 0 saturated heterocycles. The first-order valence-electron chi connectivity index (χ1n) is 12.3. The zero-order valence-electron chi connectivity index (χ0n) is 20.4. The molecule has 3 nitrogen and oxygen atoms in total. The largest absolute Gasteiger partial charge is 0.385 e. The molecule has 1 N–H and O–H groups in total. The minimum Gasteiger partial charge on any atom is -0.385 e. The van der Waals surface area contributed by atoms with Gasteiger partial charge in [0, 0.05) is 12.8 Å². The van der Waals surface area contributed by atoms with Crippen LogP contribution in [0.5, 0.6) is 0 Å². The van der Waals surface area contributed by atoms with Crippen LogP contribution in [0.25, 0.3) is 11.1 Å². The molecule has 0 saturated carbocycles. The third kappa shape index (κ3) is 3.15. The number of ketones is 2. The standard InChI is InChI=1S/C27H36O3Si2/c1-31(2,3)25-20(28)12-10-16-14-27(30)15-17-11-13-21(29)26(32(4,5)6)23(17)19-9-7-8-18(22(16)25)24(19)27/h7-9,16-17,30H,10-15H2,1-6H3/t16-,17-/m0/s1. The van der Waals surface area contributed by atoms with Crippen LogP contribution in [0.3, 0.4) is 0 Å². The number of aliphatic hydroxyl groups is 1. The van der Waals surface area contributed by atoms with Crippen LogP contribution in [0, 0.1) is 11.8 Å². The molecule has 0 spiro atoms. The van der Waals surface area contributed by atoms with Gasteiger partial charge in [-0.25, -0.2) is 0 Å². The van der Waals surface area contributed by atoms with Crippen LogP contribution in [0.15, 0.2) is 28.6 Å². The summed E-state index contributed by atoms with van der Waals surface area (Å²) in [5.74, 6) is 1.16. The van der Waals surface area contributed by atoms with Crippen LogP contribution >= 0.6 is 0 Å². The Kier molecular flexibility index (Phi) is 4.84. The second-order valence-corrected chi connectivity index (χ2v) is 22.6. The fourth-order valence-corrected chi connectivity index (χ4v) is 11.4. The highest BCUT2D eigenvalue weighted by Gasteiger charge is 2.52. The Balaban J connectivity index is 1.87. The van der Waals surface area contributed by atoms with Gasteiger partial charge in [-0.05, 0) is 75.7 Å². The van der Waals surface area contributed by atoms with Crippen LogP contribution < -0.4 is 0 Å². The summed E-state index contributed by atoms with van der Waals surface area (Å²) in [4.78, 5) is 26.3. The maximum absolute atomic E-state index is 13.2. The Morgan fingerprint density at radius 1 is 0.781 bits per heavy atom. The molecule has 0 aromatic heterocycles. The lowest BCUT2D eigenvalue weighted by atomic mass is 9.58. The zero-order chi connectivity index (χ0) is 23.2. The smallest absolute Gasteiger partial charge is 0.155 e. The van der Waals surface area contributed by atoms with Crippen molar-refractivity contribution < 1.29 is 14.7 Å². The summed E-state index contributed by atoms with van der Waals surface area (Å²) < 4.78 is 0. The molecule has 0 bridgehead atoms. The van der Waals surface area contributed by atoms with E-state index in [1.165, 1.54) is 11.1 Å². The molecular formula is C27H36O3Si2. The van der Waals surface area contributed by atoms with E-state index in [0.717, 1.165) is 39.9 Å². The summed E-state index contributed by atoms with van der Waals surface area (Å²) in [6.07, 6.45) is 4.35. The van der Waals surface area contributed by atoms with Crippen molar-refractivity contribution in [1.82, 2.24) is 0 Å². The van der Waals surface area contributed by atoms with Crippen molar-refractivity contribution in [1.29, 1.82) is 0 Å². The first-order chi connectivity index (χ1) is 14.8. The Hall–Kier alpha value is -1.57. The van der Waals surface area contributed by atoms with E-state index in [0.29, 0.717) is 37.2 Å². The number of Topliss-reactive ketones (excluding diaryl/α,β-unsaturated/α-hetero) is 2. The number of benzene rings is 1. The van der Waals surface area contributed by atoms with Gasteiger partial charge in [0.1, 0.15) is 0 Å². The average Bonchev–Trinajstić information content (AvgIpc) is 2.67. The van der Waals surface area contributed by atoms with Crippen LogP contribution in [-0.2, 0) is 15.2 Å². The van der Waals surface area contributed by atoms with Crippen LogP contribution in [0.2, 0.25) is 39.3 Å². The van der Waals surface area contributed by atoms with E-state index in [4.69, 9.17) is 0 Å². The second-order valence-electron chi connectivity index (χ2n) is 12.6. The van der Waals surface area contributed by atoms with E-state index in [9.17, 15) is 14.7 Å². The lowest BCUT2D eigenvalue weighted by Crippen LogP contribution is -2.46. The van der Waals surface area contributed by atoms with Crippen LogP contribution in [-0.4, -0.2) is 32.8 Å². The lowest BCUT2D eigenvalue weighted by Gasteiger charge is -2.50. The molecule has 0 aliphatic heterocycles. The molecule has 5 rings (SSSR count). The SMILES string of the molecule is C[Si](C)(C)C1=C2c3cccc4c3C(O)(C[C@@H]2CCC1=O)C[C@@H]1CCC(=O)C([Si](C)(C)C)=C41. The molecule has 170 valence electrons. The van der Waals surface area contributed by atoms with Crippen molar-refractivity contribution in [2.45, 2.75) is 83.4 Å². The average molecular weight is 465 g/mol. The Bertz CT molecular complexity index is 1030. The molecule has 32 heavy (non-hydrogen) atoms. The molecule has 0 radical (unpaired) electrons. The zero-order valence-corrected chi connectivity index (χ0v) is 22.4. The van der Waals surface area contributed by atoms with Gasteiger partial charge in [-0.1, -0.05) is 57.5 Å². The molecule has 5 heteroatoms. The quantitative estimate of drug-likeness (QED) is 0.554. The third-order valence-electron chi connectivity index (χ3n) is 8.13. The topological polar surface area (TPSA) is 54.4 Å². The monoisotopic (exact) mass is 464 g/mol. The maximum atomic E-state index is 13.2. The highest BCUT2D eigenvalue weighted by molar-refractivity contribution is 6.89. The van der Waals surface area contributed by atoms with Crippen molar-refractivity contribution in [2.24, 2.45) is 11.8 Å². The van der Waals surface area contributed by atoms with Crippen molar-refractivity contribution >= 4 is 38.9 Å². The fraction of sp³-hybridized carbons (Fsp3) is 0.556. The van der Waals surface area contributed by atoms with Crippen molar-refractivity contribution in [3.05, 3.63) is 45.3 Å². The molecule has 4 aliphatic carbocycles. The summed E-state index contributed by atoms with van der Waals surface area (Å²) in [6.45, 7) is 13.6. The molecule has 0 unspecified atom stereocenters. The number of fused-ring (bicyclic) bond motifs is 4. The van der Waals surface area contributed by atoms with E-state index in [-0.39, 0.29) is 11.8 Å². The van der Waals surface area contributed by atoms with Gasteiger partial charge in [-0.15, -0.1) is 0 Å². The third-order valence-corrected chi connectivity index (χ3v) is 12.2. The minimum absolute atomic E-state index is 0.259. The fourth-order valence-electron chi connectivity index (χ4n) is 7.23. The van der Waals surface area contributed by atoms with Crippen molar-refractivity contribution in [3.63, 3.8) is 0 Å². The van der Waals surface area contributed by atoms with E-state index in [1.54, 1.807) is 0 Å². The number of allylic oxidation sites excluding steroid dienone is 4. The normalized spacial score (nSPS) is 27.2. The Morgan fingerprint density at radius 2 is 1.19 bits per heavy atom. The molecule has 4 aliphatic rings. The number of carbonyl (C=O) groups excluding carboxylic acids is 2. The summed E-state index contributed by atoms with van der Waals surface area (Å²) >= 11 is 0. The van der Waals surface area contributed by atoms with E-state index >= 15 is 0 Å². The van der Waals surface area contributed by atoms with E-state index in [2.05, 4.69) is 57.5 Å². The number of rotatable bonds is 2. The van der Waals surface area contributed by atoms with Gasteiger partial charge in [0.25, 0.3) is 0 Å². The van der Waals surface area contributed by atoms with Gasteiger partial charge in [0.2, 0.25) is 0 Å². The predicted molar refractivity (Wildman–Crippen MR) is 136 cm³/mol. The first kappa shape index (κ1) is 22.2. The van der Waals surface area contributed by atoms with Crippen molar-refractivity contribution in [3.8, 4) is 0 Å². The maximum Gasteiger partial charge on any atom is 0.155 e. The summed E-state index contributed by atoms with van der Waals surface area (Å²) in [5.41, 5.74) is 4.84. The van der Waals surface area contributed by atoms with Crippen LogP contribution in [0.1, 0.15) is 55.2 Å². The molecule has 0 amide bonds. The predicted octanol–water partition coefficient (Wildman–Crippen LogP) is 5.90. The molecule has 1 aromatic rings. The molecule has 0 heterocycles. The van der Waals surface area contributed by atoms with Gasteiger partial charge >= 0.3 is 0 Å². The second kappa shape index (κ2) is 6.97. The van der Waals surface area contributed by atoms with Gasteiger partial charge in [0.05, 0.1) is 21.7 Å². The number of hydrogen-bond acceptors (Lipinski definition) is 3. The molecule has 1 aromatic carbocycles. The van der Waals surface area contributed by atoms with Gasteiger partial charge in [-0.3, -0.25) is 9.59 Å². The summed E-state index contributed by atoms with van der Waals surface area (Å²) in [6, 6.07) is 6.38. The van der Waals surface area contributed by atoms with Gasteiger partial charge in [-0.2, -0.15) is 0 Å². The van der Waals surface area contributed by atoms with Gasteiger partial charge < -0.3 is 5.11 Å². The molecular weight excluding hydrogens is 428 g/mol. The number of carbonyl (C=O) groups is 2. The first-order valence-corrected chi connectivity index (χ1v) is 19.3. The molecule has 2 atom stereocenters. The van der Waals surface area contributed by atoms with E-state index in [1.807, 2.05) is 0 Å².